The van der Waals surface area contributed by atoms with Crippen molar-refractivity contribution in [2.75, 3.05) is 5.73 Å². The van der Waals surface area contributed by atoms with Gasteiger partial charge in [0.2, 0.25) is 0 Å². The minimum absolute atomic E-state index is 0.284. The summed E-state index contributed by atoms with van der Waals surface area (Å²) in [7, 11) is 0. The molecule has 0 radical (unpaired) electrons. The van der Waals surface area contributed by atoms with E-state index in [4.69, 9.17) is 10.5 Å². The summed E-state index contributed by atoms with van der Waals surface area (Å²) in [5.74, 6) is 1.48. The molecule has 0 spiro atoms. The molecule has 3 rings (SSSR count). The predicted octanol–water partition coefficient (Wildman–Crippen LogP) is 4.26. The summed E-state index contributed by atoms with van der Waals surface area (Å²) in [6.07, 6.45) is 1.67. The molecule has 1 aromatic heterocycles. The number of nitrogens with two attached hydrogens (primary N) is 1. The number of benzene rings is 2. The molecule has 0 unspecified atom stereocenters. The zero-order chi connectivity index (χ0) is 14.7. The van der Waals surface area contributed by atoms with Crippen LogP contribution in [0.4, 0.5) is 10.2 Å². The number of pyridine rings is 1. The number of ether oxygens (including phenoxy) is 1. The summed E-state index contributed by atoms with van der Waals surface area (Å²) in [5, 5.41) is 0. The van der Waals surface area contributed by atoms with E-state index in [2.05, 4.69) is 4.98 Å². The van der Waals surface area contributed by atoms with Crippen LogP contribution in [0.1, 0.15) is 0 Å². The van der Waals surface area contributed by atoms with Crippen LogP contribution >= 0.6 is 0 Å². The van der Waals surface area contributed by atoms with Crippen molar-refractivity contribution in [3.63, 3.8) is 0 Å². The first-order chi connectivity index (χ1) is 10.2. The zero-order valence-electron chi connectivity index (χ0n) is 11.2. The van der Waals surface area contributed by atoms with Crippen molar-refractivity contribution in [2.45, 2.75) is 0 Å². The Hall–Kier alpha value is -2.88. The minimum Gasteiger partial charge on any atom is -0.457 e. The molecule has 0 bridgehead atoms. The molecule has 3 aromatic rings. The standard InChI is InChI=1S/C17H13FN2O/c18-14-3-7-16(8-4-14)21-15-5-1-12(2-6-15)13-9-10-20-17(19)11-13/h1-11H,(H2,19,20). The van der Waals surface area contributed by atoms with Crippen LogP contribution in [0.5, 0.6) is 11.5 Å². The van der Waals surface area contributed by atoms with Gasteiger partial charge >= 0.3 is 0 Å². The van der Waals surface area contributed by atoms with Crippen molar-refractivity contribution in [3.05, 3.63) is 72.7 Å². The molecule has 2 N–H and O–H groups in total. The molecular weight excluding hydrogens is 267 g/mol. The number of hydrogen-bond acceptors (Lipinski definition) is 3. The highest BCUT2D eigenvalue weighted by Gasteiger charge is 2.01. The van der Waals surface area contributed by atoms with Crippen molar-refractivity contribution >= 4 is 5.82 Å². The normalized spacial score (nSPS) is 10.3. The summed E-state index contributed by atoms with van der Waals surface area (Å²) >= 11 is 0. The largest absolute Gasteiger partial charge is 0.457 e. The van der Waals surface area contributed by atoms with E-state index in [0.29, 0.717) is 17.3 Å². The van der Waals surface area contributed by atoms with E-state index in [0.717, 1.165) is 11.1 Å². The molecule has 0 fully saturated rings. The fourth-order valence-corrected chi connectivity index (χ4v) is 1.98. The molecule has 0 atom stereocenters. The van der Waals surface area contributed by atoms with Crippen molar-refractivity contribution in [2.24, 2.45) is 0 Å². The van der Waals surface area contributed by atoms with Crippen molar-refractivity contribution in [1.82, 2.24) is 4.98 Å². The highest BCUT2D eigenvalue weighted by atomic mass is 19.1. The Bertz CT molecular complexity index is 739. The van der Waals surface area contributed by atoms with Gasteiger partial charge in [-0.05, 0) is 59.7 Å². The van der Waals surface area contributed by atoms with Crippen LogP contribution in [-0.2, 0) is 0 Å². The second-order valence-electron chi connectivity index (χ2n) is 4.55. The van der Waals surface area contributed by atoms with E-state index in [1.165, 1.54) is 12.1 Å². The molecule has 1 heterocycles. The maximum atomic E-state index is 12.8. The van der Waals surface area contributed by atoms with E-state index in [1.807, 2.05) is 36.4 Å². The Kier molecular flexibility index (Phi) is 3.51. The highest BCUT2D eigenvalue weighted by Crippen LogP contribution is 2.26. The Morgan fingerprint density at radius 2 is 1.43 bits per heavy atom. The number of anilines is 1. The van der Waals surface area contributed by atoms with Crippen LogP contribution in [-0.4, -0.2) is 4.98 Å². The van der Waals surface area contributed by atoms with Gasteiger partial charge in [0.05, 0.1) is 0 Å². The average Bonchev–Trinajstić information content (AvgIpc) is 2.50. The Balaban J connectivity index is 1.79. The van der Waals surface area contributed by atoms with E-state index in [-0.39, 0.29) is 5.82 Å². The maximum Gasteiger partial charge on any atom is 0.127 e. The molecule has 3 nitrogen and oxygen atoms in total. The summed E-state index contributed by atoms with van der Waals surface area (Å²) in [5.41, 5.74) is 7.69. The lowest BCUT2D eigenvalue weighted by molar-refractivity contribution is 0.480. The SMILES string of the molecule is Nc1cc(-c2ccc(Oc3ccc(F)cc3)cc2)ccn1. The van der Waals surface area contributed by atoms with Gasteiger partial charge in [0.25, 0.3) is 0 Å². The summed E-state index contributed by atoms with van der Waals surface area (Å²) < 4.78 is 18.5. The molecule has 0 amide bonds. The van der Waals surface area contributed by atoms with Crippen molar-refractivity contribution in [3.8, 4) is 22.6 Å². The second-order valence-corrected chi connectivity index (χ2v) is 4.55. The minimum atomic E-state index is -0.284. The van der Waals surface area contributed by atoms with Crippen LogP contribution in [0.25, 0.3) is 11.1 Å². The van der Waals surface area contributed by atoms with Crippen LogP contribution in [0, 0.1) is 5.82 Å². The number of aromatic nitrogens is 1. The van der Waals surface area contributed by atoms with Gasteiger partial charge in [-0.25, -0.2) is 9.37 Å². The van der Waals surface area contributed by atoms with E-state index in [1.54, 1.807) is 18.3 Å². The van der Waals surface area contributed by atoms with Crippen LogP contribution in [0.15, 0.2) is 66.9 Å². The Labute approximate surface area is 121 Å². The molecule has 0 saturated carbocycles. The number of halogens is 1. The van der Waals surface area contributed by atoms with Gasteiger partial charge in [-0.1, -0.05) is 12.1 Å². The van der Waals surface area contributed by atoms with Gasteiger partial charge < -0.3 is 10.5 Å². The molecular formula is C17H13FN2O. The molecule has 2 aromatic carbocycles. The van der Waals surface area contributed by atoms with Gasteiger partial charge in [0, 0.05) is 6.20 Å². The summed E-state index contributed by atoms with van der Waals surface area (Å²) in [4.78, 5) is 3.97. The molecule has 21 heavy (non-hydrogen) atoms. The molecule has 0 aliphatic rings. The van der Waals surface area contributed by atoms with Crippen molar-refractivity contribution in [1.29, 1.82) is 0 Å². The topological polar surface area (TPSA) is 48.1 Å². The average molecular weight is 280 g/mol. The Morgan fingerprint density at radius 3 is 2.05 bits per heavy atom. The Morgan fingerprint density at radius 1 is 0.810 bits per heavy atom. The number of nitrogens with zero attached hydrogens (tertiary/aromatic N) is 1. The quantitative estimate of drug-likeness (QED) is 0.779. The summed E-state index contributed by atoms with van der Waals surface area (Å²) in [6.45, 7) is 0. The fourth-order valence-electron chi connectivity index (χ4n) is 1.98. The van der Waals surface area contributed by atoms with Crippen LogP contribution in [0.2, 0.25) is 0 Å². The van der Waals surface area contributed by atoms with E-state index < -0.39 is 0 Å². The third kappa shape index (κ3) is 3.17. The summed E-state index contributed by atoms with van der Waals surface area (Å²) in [6, 6.07) is 17.2. The fraction of sp³-hybridized carbons (Fsp3) is 0. The second kappa shape index (κ2) is 5.63. The first kappa shape index (κ1) is 13.1. The monoisotopic (exact) mass is 280 g/mol. The van der Waals surface area contributed by atoms with Crippen LogP contribution < -0.4 is 10.5 Å². The van der Waals surface area contributed by atoms with Gasteiger partial charge in [-0.2, -0.15) is 0 Å². The lowest BCUT2D eigenvalue weighted by Crippen LogP contribution is -1.89. The lowest BCUT2D eigenvalue weighted by atomic mass is 10.1. The number of hydrogen-bond donors (Lipinski definition) is 1. The van der Waals surface area contributed by atoms with Crippen LogP contribution in [0.3, 0.4) is 0 Å². The molecule has 0 aliphatic heterocycles. The lowest BCUT2D eigenvalue weighted by Gasteiger charge is -2.07. The van der Waals surface area contributed by atoms with Gasteiger partial charge in [0.1, 0.15) is 23.1 Å². The molecule has 0 saturated heterocycles. The van der Waals surface area contributed by atoms with E-state index in [9.17, 15) is 4.39 Å². The number of nitrogen functional groups attached to an aromatic ring is 1. The maximum absolute atomic E-state index is 12.8. The first-order valence-electron chi connectivity index (χ1n) is 6.46. The predicted molar refractivity (Wildman–Crippen MR) is 80.6 cm³/mol. The third-order valence-corrected chi connectivity index (χ3v) is 3.02. The molecule has 104 valence electrons. The first-order valence-corrected chi connectivity index (χ1v) is 6.46. The molecule has 0 aliphatic carbocycles. The molecule has 4 heteroatoms. The smallest absolute Gasteiger partial charge is 0.127 e. The third-order valence-electron chi connectivity index (χ3n) is 3.02. The number of rotatable bonds is 3. The van der Waals surface area contributed by atoms with E-state index >= 15 is 0 Å². The highest BCUT2D eigenvalue weighted by molar-refractivity contribution is 5.66. The van der Waals surface area contributed by atoms with Gasteiger partial charge in [-0.3, -0.25) is 0 Å². The van der Waals surface area contributed by atoms with Gasteiger partial charge in [0.15, 0.2) is 0 Å². The van der Waals surface area contributed by atoms with Gasteiger partial charge in [-0.15, -0.1) is 0 Å². The van der Waals surface area contributed by atoms with Crippen molar-refractivity contribution < 1.29 is 9.13 Å². The zero-order valence-corrected chi connectivity index (χ0v) is 11.2.